The zero-order valence-electron chi connectivity index (χ0n) is 15.9. The molecule has 0 unspecified atom stereocenters. The maximum atomic E-state index is 12.6. The number of nitrogens with zero attached hydrogens (tertiary/aromatic N) is 4. The van der Waals surface area contributed by atoms with Gasteiger partial charge in [-0.15, -0.1) is 0 Å². The molecule has 0 saturated heterocycles. The van der Waals surface area contributed by atoms with Crippen molar-refractivity contribution in [1.82, 2.24) is 25.2 Å². The maximum absolute atomic E-state index is 12.6. The van der Waals surface area contributed by atoms with Crippen molar-refractivity contribution in [1.29, 1.82) is 0 Å². The lowest BCUT2D eigenvalue weighted by molar-refractivity contribution is 0.0919. The Morgan fingerprint density at radius 3 is 2.97 bits per heavy atom. The van der Waals surface area contributed by atoms with Crippen molar-refractivity contribution in [2.75, 3.05) is 0 Å². The number of aromatic nitrogens is 4. The number of carbonyl (C=O) groups excluding carboxylic acids is 1. The average Bonchev–Trinajstić information content (AvgIpc) is 3.45. The third-order valence-corrected chi connectivity index (χ3v) is 5.09. The maximum Gasteiger partial charge on any atom is 0.287 e. The van der Waals surface area contributed by atoms with Crippen LogP contribution in [0.1, 0.15) is 38.8 Å². The number of hydrogen-bond acceptors (Lipinski definition) is 6. The molecule has 0 spiro atoms. The topological polar surface area (TPSA) is 99.0 Å². The number of pyridine rings is 1. The van der Waals surface area contributed by atoms with E-state index < -0.39 is 0 Å². The van der Waals surface area contributed by atoms with Crippen LogP contribution in [0.5, 0.6) is 0 Å². The molecule has 5 rings (SSSR count). The molecule has 1 aliphatic rings. The molecule has 0 bridgehead atoms. The number of rotatable bonds is 5. The van der Waals surface area contributed by atoms with Crippen molar-refractivity contribution in [3.8, 4) is 11.3 Å². The number of carbonyl (C=O) groups is 1. The fourth-order valence-corrected chi connectivity index (χ4v) is 3.70. The van der Waals surface area contributed by atoms with Crippen LogP contribution in [0, 0.1) is 6.92 Å². The van der Waals surface area contributed by atoms with E-state index in [2.05, 4.69) is 21.7 Å². The predicted octanol–water partition coefficient (Wildman–Crippen LogP) is 2.91. The quantitative estimate of drug-likeness (QED) is 0.563. The van der Waals surface area contributed by atoms with Crippen LogP contribution in [0.15, 0.2) is 51.9 Å². The highest BCUT2D eigenvalue weighted by atomic mass is 16.5. The number of nitrogens with one attached hydrogen (secondary N) is 1. The lowest BCUT2D eigenvalue weighted by Gasteiger charge is -2.09. The SMILES string of the molecule is Cc1c(C(=O)NCc2ccon2)oc2c1-c1nn(Cc3ccccn3)cc1CC2. The van der Waals surface area contributed by atoms with Crippen molar-refractivity contribution in [3.63, 3.8) is 0 Å². The van der Waals surface area contributed by atoms with E-state index in [1.807, 2.05) is 29.8 Å². The molecule has 1 aliphatic carbocycles. The van der Waals surface area contributed by atoms with Crippen LogP contribution in [0.4, 0.5) is 0 Å². The van der Waals surface area contributed by atoms with E-state index in [-0.39, 0.29) is 12.5 Å². The van der Waals surface area contributed by atoms with Crippen molar-refractivity contribution in [2.45, 2.75) is 32.9 Å². The van der Waals surface area contributed by atoms with Gasteiger partial charge in [-0.05, 0) is 31.0 Å². The Morgan fingerprint density at radius 1 is 1.24 bits per heavy atom. The van der Waals surface area contributed by atoms with Gasteiger partial charge in [-0.25, -0.2) is 0 Å². The predicted molar refractivity (Wildman–Crippen MR) is 103 cm³/mol. The molecule has 4 aromatic heterocycles. The second-order valence-electron chi connectivity index (χ2n) is 7.05. The van der Waals surface area contributed by atoms with Gasteiger partial charge >= 0.3 is 0 Å². The summed E-state index contributed by atoms with van der Waals surface area (Å²) in [4.78, 5) is 17.0. The first-order valence-electron chi connectivity index (χ1n) is 9.45. The molecule has 8 nitrogen and oxygen atoms in total. The first-order chi connectivity index (χ1) is 14.2. The Bertz CT molecular complexity index is 1160. The van der Waals surface area contributed by atoms with Gasteiger partial charge in [0.2, 0.25) is 0 Å². The molecule has 0 fully saturated rings. The fourth-order valence-electron chi connectivity index (χ4n) is 3.70. The lowest BCUT2D eigenvalue weighted by atomic mass is 9.93. The molecule has 29 heavy (non-hydrogen) atoms. The molecule has 1 N–H and O–H groups in total. The molecular weight excluding hydrogens is 370 g/mol. The van der Waals surface area contributed by atoms with E-state index in [9.17, 15) is 4.79 Å². The summed E-state index contributed by atoms with van der Waals surface area (Å²) < 4.78 is 12.6. The van der Waals surface area contributed by atoms with E-state index in [0.717, 1.165) is 46.7 Å². The fraction of sp³-hybridized carbons (Fsp3) is 0.238. The standard InChI is InChI=1S/C21H19N5O3/c1-13-18-17(29-20(13)21(27)23-10-15-7-9-28-25-15)6-5-14-11-26(24-19(14)18)12-16-4-2-3-8-22-16/h2-4,7-9,11H,5-6,10,12H2,1H3,(H,23,27). The number of aryl methyl sites for hydroxylation is 2. The van der Waals surface area contributed by atoms with Gasteiger partial charge in [-0.2, -0.15) is 5.10 Å². The van der Waals surface area contributed by atoms with Crippen LogP contribution < -0.4 is 5.32 Å². The van der Waals surface area contributed by atoms with Crippen LogP contribution in [0.3, 0.4) is 0 Å². The van der Waals surface area contributed by atoms with E-state index >= 15 is 0 Å². The van der Waals surface area contributed by atoms with Gasteiger partial charge in [0.25, 0.3) is 5.91 Å². The molecule has 0 atom stereocenters. The van der Waals surface area contributed by atoms with E-state index in [1.165, 1.54) is 6.26 Å². The first kappa shape index (κ1) is 17.4. The Balaban J connectivity index is 1.41. The summed E-state index contributed by atoms with van der Waals surface area (Å²) in [5.74, 6) is 0.865. The molecule has 4 aromatic rings. The van der Waals surface area contributed by atoms with Crippen molar-refractivity contribution >= 4 is 5.91 Å². The highest BCUT2D eigenvalue weighted by molar-refractivity contribution is 5.95. The van der Waals surface area contributed by atoms with Gasteiger partial charge in [-0.1, -0.05) is 11.2 Å². The molecule has 1 amide bonds. The molecular formula is C21H19N5O3. The minimum absolute atomic E-state index is 0.269. The molecule has 146 valence electrons. The normalized spacial score (nSPS) is 12.4. The Labute approximate surface area is 166 Å². The molecule has 0 aliphatic heterocycles. The number of amides is 1. The lowest BCUT2D eigenvalue weighted by Crippen LogP contribution is -2.23. The third-order valence-electron chi connectivity index (χ3n) is 5.09. The smallest absolute Gasteiger partial charge is 0.287 e. The minimum Gasteiger partial charge on any atom is -0.455 e. The largest absolute Gasteiger partial charge is 0.455 e. The van der Waals surface area contributed by atoms with Gasteiger partial charge in [0, 0.05) is 36.0 Å². The van der Waals surface area contributed by atoms with Crippen LogP contribution in [-0.2, 0) is 25.9 Å². The number of fused-ring (bicyclic) bond motifs is 3. The van der Waals surface area contributed by atoms with Crippen LogP contribution in [0.2, 0.25) is 0 Å². The molecule has 8 heteroatoms. The van der Waals surface area contributed by atoms with Crippen LogP contribution in [-0.4, -0.2) is 25.8 Å². The summed E-state index contributed by atoms with van der Waals surface area (Å²) in [5.41, 5.74) is 5.39. The Hall–Kier alpha value is -3.68. The van der Waals surface area contributed by atoms with E-state index in [4.69, 9.17) is 14.0 Å². The second-order valence-corrected chi connectivity index (χ2v) is 7.05. The number of hydrogen-bond donors (Lipinski definition) is 1. The van der Waals surface area contributed by atoms with Gasteiger partial charge in [0.1, 0.15) is 17.7 Å². The Kier molecular flexibility index (Phi) is 4.23. The highest BCUT2D eigenvalue weighted by Crippen LogP contribution is 2.38. The van der Waals surface area contributed by atoms with Crippen molar-refractivity contribution in [2.24, 2.45) is 0 Å². The number of furan rings is 1. The van der Waals surface area contributed by atoms with E-state index in [1.54, 1.807) is 12.3 Å². The van der Waals surface area contributed by atoms with Gasteiger partial charge in [0.15, 0.2) is 5.76 Å². The third kappa shape index (κ3) is 3.22. The Morgan fingerprint density at radius 2 is 2.17 bits per heavy atom. The van der Waals surface area contributed by atoms with Gasteiger partial charge in [0.05, 0.1) is 24.5 Å². The summed E-state index contributed by atoms with van der Waals surface area (Å²) in [6.45, 7) is 2.79. The van der Waals surface area contributed by atoms with Crippen molar-refractivity contribution < 1.29 is 13.7 Å². The summed E-state index contributed by atoms with van der Waals surface area (Å²) in [5, 5.41) is 11.4. The molecule has 0 aromatic carbocycles. The summed E-state index contributed by atoms with van der Waals surface area (Å²) in [7, 11) is 0. The monoisotopic (exact) mass is 389 g/mol. The second kappa shape index (κ2) is 7.05. The van der Waals surface area contributed by atoms with Crippen molar-refractivity contribution in [3.05, 3.63) is 77.0 Å². The zero-order chi connectivity index (χ0) is 19.8. The molecule has 4 heterocycles. The zero-order valence-corrected chi connectivity index (χ0v) is 15.9. The van der Waals surface area contributed by atoms with Gasteiger partial charge in [-0.3, -0.25) is 14.5 Å². The molecule has 0 saturated carbocycles. The van der Waals surface area contributed by atoms with Crippen LogP contribution >= 0.6 is 0 Å². The highest BCUT2D eigenvalue weighted by Gasteiger charge is 2.29. The van der Waals surface area contributed by atoms with Crippen LogP contribution in [0.25, 0.3) is 11.3 Å². The van der Waals surface area contributed by atoms with E-state index in [0.29, 0.717) is 18.0 Å². The average molecular weight is 389 g/mol. The van der Waals surface area contributed by atoms with Gasteiger partial charge < -0.3 is 14.3 Å². The summed E-state index contributed by atoms with van der Waals surface area (Å²) in [6.07, 6.45) is 6.89. The molecule has 0 radical (unpaired) electrons. The summed E-state index contributed by atoms with van der Waals surface area (Å²) >= 11 is 0. The summed E-state index contributed by atoms with van der Waals surface area (Å²) in [6, 6.07) is 7.55. The first-order valence-corrected chi connectivity index (χ1v) is 9.45. The minimum atomic E-state index is -0.269.